The third-order valence-corrected chi connectivity index (χ3v) is 4.41. The molecule has 3 nitrogen and oxygen atoms in total. The molecule has 1 heterocycles. The Morgan fingerprint density at radius 1 is 1.22 bits per heavy atom. The van der Waals surface area contributed by atoms with Crippen molar-refractivity contribution in [2.45, 2.75) is 20.3 Å². The maximum Gasteiger partial charge on any atom is 0.261 e. The Kier molecular flexibility index (Phi) is 6.18. The van der Waals surface area contributed by atoms with E-state index >= 15 is 0 Å². The number of carbonyl (C=O) groups excluding carboxylic acids is 1. The predicted octanol–water partition coefficient (Wildman–Crippen LogP) is 4.76. The van der Waals surface area contributed by atoms with Gasteiger partial charge >= 0.3 is 0 Å². The van der Waals surface area contributed by atoms with Crippen LogP contribution in [0.15, 0.2) is 60.2 Å². The number of nitrogens with one attached hydrogen (secondary N) is 1. The van der Waals surface area contributed by atoms with Crippen LogP contribution in [0.4, 0.5) is 0 Å². The number of carbonyl (C=O) groups is 1. The molecule has 4 heteroatoms. The van der Waals surface area contributed by atoms with E-state index in [0.717, 1.165) is 22.4 Å². The van der Waals surface area contributed by atoms with Gasteiger partial charge < -0.3 is 10.4 Å². The molecule has 1 amide bonds. The Morgan fingerprint density at radius 2 is 1.96 bits per heavy atom. The van der Waals surface area contributed by atoms with E-state index in [9.17, 15) is 9.90 Å². The number of amides is 1. The number of thiophene rings is 1. The summed E-state index contributed by atoms with van der Waals surface area (Å²) in [7, 11) is 0. The average molecular weight is 327 g/mol. The highest BCUT2D eigenvalue weighted by atomic mass is 32.1. The van der Waals surface area contributed by atoms with Crippen LogP contribution in [0.1, 0.15) is 29.9 Å². The fraction of sp³-hybridized carbons (Fsp3) is 0.211. The van der Waals surface area contributed by atoms with Gasteiger partial charge in [0.05, 0.1) is 4.88 Å². The van der Waals surface area contributed by atoms with Gasteiger partial charge in [-0.3, -0.25) is 4.79 Å². The Labute approximate surface area is 141 Å². The number of benzene rings is 1. The molecular formula is C19H21NO2S. The lowest BCUT2D eigenvalue weighted by Gasteiger charge is -2.04. The van der Waals surface area contributed by atoms with Crippen LogP contribution in [0.3, 0.4) is 0 Å². The average Bonchev–Trinajstić information content (AvgIpc) is 3.03. The molecule has 2 rings (SSSR count). The zero-order valence-corrected chi connectivity index (χ0v) is 14.2. The van der Waals surface area contributed by atoms with Crippen LogP contribution in [-0.4, -0.2) is 17.6 Å². The summed E-state index contributed by atoms with van der Waals surface area (Å²) in [5.74, 6) is 0.175. The van der Waals surface area contributed by atoms with E-state index in [1.54, 1.807) is 12.1 Å². The molecule has 0 unspecified atom stereocenters. The van der Waals surface area contributed by atoms with E-state index in [1.807, 2.05) is 43.3 Å². The van der Waals surface area contributed by atoms with Gasteiger partial charge in [-0.2, -0.15) is 0 Å². The number of aromatic hydroxyl groups is 1. The van der Waals surface area contributed by atoms with E-state index in [1.165, 1.54) is 11.3 Å². The highest BCUT2D eigenvalue weighted by Gasteiger charge is 2.10. The fourth-order valence-electron chi connectivity index (χ4n) is 2.19. The molecule has 0 aliphatic rings. The maximum atomic E-state index is 12.3. The van der Waals surface area contributed by atoms with Gasteiger partial charge in [0.2, 0.25) is 0 Å². The molecule has 120 valence electrons. The summed E-state index contributed by atoms with van der Waals surface area (Å²) in [5.41, 5.74) is 2.10. The van der Waals surface area contributed by atoms with Crippen molar-refractivity contribution in [3.63, 3.8) is 0 Å². The van der Waals surface area contributed by atoms with Crippen molar-refractivity contribution in [1.82, 2.24) is 5.32 Å². The molecule has 2 aromatic rings. The highest BCUT2D eigenvalue weighted by molar-refractivity contribution is 7.17. The normalized spacial score (nSPS) is 11.8. The summed E-state index contributed by atoms with van der Waals surface area (Å²) < 4.78 is 0. The Bertz CT molecular complexity index is 711. The second kappa shape index (κ2) is 8.34. The van der Waals surface area contributed by atoms with Crippen LogP contribution in [0, 0.1) is 0 Å². The first kappa shape index (κ1) is 17.0. The zero-order valence-electron chi connectivity index (χ0n) is 13.4. The molecule has 0 radical (unpaired) electrons. The van der Waals surface area contributed by atoms with Crippen molar-refractivity contribution < 1.29 is 9.90 Å². The smallest absolute Gasteiger partial charge is 0.261 e. The molecule has 0 bridgehead atoms. The van der Waals surface area contributed by atoms with E-state index in [0.29, 0.717) is 11.4 Å². The van der Waals surface area contributed by atoms with Gasteiger partial charge in [0.25, 0.3) is 5.91 Å². The zero-order chi connectivity index (χ0) is 16.7. The number of hydrogen-bond donors (Lipinski definition) is 2. The molecule has 1 aromatic carbocycles. The van der Waals surface area contributed by atoms with Crippen molar-refractivity contribution in [1.29, 1.82) is 0 Å². The summed E-state index contributed by atoms with van der Waals surface area (Å²) in [6, 6.07) is 10.7. The fourth-order valence-corrected chi connectivity index (χ4v) is 3.11. The van der Waals surface area contributed by atoms with Crippen molar-refractivity contribution >= 4 is 17.2 Å². The molecule has 0 atom stereocenters. The quantitative estimate of drug-likeness (QED) is 0.751. The van der Waals surface area contributed by atoms with Crippen LogP contribution in [-0.2, 0) is 0 Å². The summed E-state index contributed by atoms with van der Waals surface area (Å²) in [4.78, 5) is 14.0. The van der Waals surface area contributed by atoms with Gasteiger partial charge in [-0.05, 0) is 60.9 Å². The van der Waals surface area contributed by atoms with Crippen LogP contribution < -0.4 is 5.32 Å². The largest absolute Gasteiger partial charge is 0.508 e. The van der Waals surface area contributed by atoms with Gasteiger partial charge in [0, 0.05) is 11.4 Å². The lowest BCUT2D eigenvalue weighted by atomic mass is 10.2. The van der Waals surface area contributed by atoms with Crippen molar-refractivity contribution in [3.05, 3.63) is 65.1 Å². The summed E-state index contributed by atoms with van der Waals surface area (Å²) in [6.07, 6.45) is 7.04. The molecule has 0 spiro atoms. The minimum absolute atomic E-state index is 0.0634. The monoisotopic (exact) mass is 327 g/mol. The first-order chi connectivity index (χ1) is 11.1. The molecule has 1 aromatic heterocycles. The minimum Gasteiger partial charge on any atom is -0.508 e. The van der Waals surface area contributed by atoms with Gasteiger partial charge in [-0.15, -0.1) is 11.3 Å². The number of phenols is 1. The van der Waals surface area contributed by atoms with E-state index in [4.69, 9.17) is 0 Å². The van der Waals surface area contributed by atoms with Crippen molar-refractivity contribution in [2.75, 3.05) is 6.54 Å². The van der Waals surface area contributed by atoms with Gasteiger partial charge in [-0.25, -0.2) is 0 Å². The topological polar surface area (TPSA) is 49.3 Å². The van der Waals surface area contributed by atoms with E-state index in [-0.39, 0.29) is 11.7 Å². The van der Waals surface area contributed by atoms with Crippen molar-refractivity contribution in [2.24, 2.45) is 0 Å². The summed E-state index contributed by atoms with van der Waals surface area (Å²) in [5, 5.41) is 12.3. The molecule has 0 aliphatic heterocycles. The summed E-state index contributed by atoms with van der Waals surface area (Å²) >= 11 is 1.45. The first-order valence-corrected chi connectivity index (χ1v) is 8.45. The Balaban J connectivity index is 2.03. The predicted molar refractivity (Wildman–Crippen MR) is 96.9 cm³/mol. The summed E-state index contributed by atoms with van der Waals surface area (Å²) in [6.45, 7) is 4.58. The molecule has 23 heavy (non-hydrogen) atoms. The lowest BCUT2D eigenvalue weighted by Crippen LogP contribution is -2.24. The number of rotatable bonds is 6. The standard InChI is InChI=1S/C19H21NO2S/c1-3-5-14(6-4-2)13-20-19(22)18-12-11-17(23-18)15-7-9-16(21)10-8-15/h3,5-12,21H,4,13H2,1-2H3,(H,20,22)/b5-3-,14-6+. The van der Waals surface area contributed by atoms with E-state index in [2.05, 4.69) is 18.3 Å². The molecule has 0 saturated carbocycles. The van der Waals surface area contributed by atoms with Crippen LogP contribution in [0.2, 0.25) is 0 Å². The molecular weight excluding hydrogens is 306 g/mol. The van der Waals surface area contributed by atoms with Crippen LogP contribution in [0.25, 0.3) is 10.4 Å². The number of allylic oxidation sites excluding steroid dienone is 2. The van der Waals surface area contributed by atoms with Gasteiger partial charge in [-0.1, -0.05) is 25.2 Å². The second-order valence-corrected chi connectivity index (χ2v) is 6.16. The van der Waals surface area contributed by atoms with Crippen molar-refractivity contribution in [3.8, 4) is 16.2 Å². The third kappa shape index (κ3) is 4.83. The molecule has 0 saturated heterocycles. The van der Waals surface area contributed by atoms with Gasteiger partial charge in [0.15, 0.2) is 0 Å². The minimum atomic E-state index is -0.0634. The second-order valence-electron chi connectivity index (χ2n) is 5.08. The number of hydrogen-bond acceptors (Lipinski definition) is 3. The lowest BCUT2D eigenvalue weighted by molar-refractivity contribution is 0.0961. The Morgan fingerprint density at radius 3 is 2.61 bits per heavy atom. The SMILES string of the molecule is C/C=C\C(=C/CC)CNC(=O)c1ccc(-c2ccc(O)cc2)s1. The molecule has 0 aliphatic carbocycles. The van der Waals surface area contributed by atoms with E-state index < -0.39 is 0 Å². The third-order valence-electron chi connectivity index (χ3n) is 3.28. The first-order valence-electron chi connectivity index (χ1n) is 7.63. The molecule has 2 N–H and O–H groups in total. The highest BCUT2D eigenvalue weighted by Crippen LogP contribution is 2.29. The van der Waals surface area contributed by atoms with Crippen LogP contribution >= 0.6 is 11.3 Å². The maximum absolute atomic E-state index is 12.3. The van der Waals surface area contributed by atoms with Gasteiger partial charge in [0.1, 0.15) is 5.75 Å². The molecule has 0 fully saturated rings. The van der Waals surface area contributed by atoms with Crippen LogP contribution in [0.5, 0.6) is 5.75 Å². The Hall–Kier alpha value is -2.33. The number of phenolic OH excluding ortho intramolecular Hbond substituents is 1.